The Morgan fingerprint density at radius 3 is 2.79 bits per heavy atom. The van der Waals surface area contributed by atoms with E-state index in [-0.39, 0.29) is 11.8 Å². The highest BCUT2D eigenvalue weighted by molar-refractivity contribution is 5.98. The summed E-state index contributed by atoms with van der Waals surface area (Å²) in [6.07, 6.45) is 6.93. The molecule has 0 aliphatic heterocycles. The van der Waals surface area contributed by atoms with Gasteiger partial charge < -0.3 is 15.0 Å². The first-order valence-electron chi connectivity index (χ1n) is 12.5. The summed E-state index contributed by atoms with van der Waals surface area (Å²) < 4.78 is 19.5. The summed E-state index contributed by atoms with van der Waals surface area (Å²) in [5.41, 5.74) is 6.45. The lowest BCUT2D eigenvalue weighted by Crippen LogP contribution is -2.13. The molecular formula is C29H22FN7O2. The van der Waals surface area contributed by atoms with E-state index in [9.17, 15) is 9.18 Å². The lowest BCUT2D eigenvalue weighted by atomic mass is 10.0. The van der Waals surface area contributed by atoms with Crippen LogP contribution >= 0.6 is 0 Å². The molecule has 1 fully saturated rings. The number of H-pyrrole nitrogens is 2. The highest BCUT2D eigenvalue weighted by atomic mass is 19.1. The fourth-order valence-electron chi connectivity index (χ4n) is 4.73. The van der Waals surface area contributed by atoms with Crippen molar-refractivity contribution in [1.82, 2.24) is 30.1 Å². The van der Waals surface area contributed by atoms with E-state index in [0.29, 0.717) is 39.7 Å². The van der Waals surface area contributed by atoms with E-state index in [4.69, 9.17) is 9.72 Å². The van der Waals surface area contributed by atoms with E-state index in [1.54, 1.807) is 30.7 Å². The third-order valence-corrected chi connectivity index (χ3v) is 6.88. The van der Waals surface area contributed by atoms with E-state index in [1.807, 2.05) is 24.3 Å². The average molecular weight is 520 g/mol. The molecule has 0 unspecified atom stereocenters. The zero-order valence-electron chi connectivity index (χ0n) is 20.8. The smallest absolute Gasteiger partial charge is 0.227 e. The van der Waals surface area contributed by atoms with Crippen molar-refractivity contribution in [3.8, 4) is 39.5 Å². The molecule has 1 amide bonds. The van der Waals surface area contributed by atoms with E-state index in [1.165, 1.54) is 19.2 Å². The van der Waals surface area contributed by atoms with Crippen LogP contribution in [0.1, 0.15) is 12.8 Å². The maximum Gasteiger partial charge on any atom is 0.227 e. The summed E-state index contributed by atoms with van der Waals surface area (Å²) in [6.45, 7) is 0. The zero-order valence-corrected chi connectivity index (χ0v) is 20.8. The molecule has 0 saturated heterocycles. The van der Waals surface area contributed by atoms with Crippen molar-refractivity contribution in [3.63, 3.8) is 0 Å². The lowest BCUT2D eigenvalue weighted by molar-refractivity contribution is -0.117. The summed E-state index contributed by atoms with van der Waals surface area (Å²) in [5, 5.41) is 11.4. The SMILES string of the molecule is COc1cc(F)cc(-c2ccnc3nc(-c4n[nH]c5ccc(-c6cncc(NC(=O)C7CC7)c6)cc45)[nH]c23)c1. The van der Waals surface area contributed by atoms with Gasteiger partial charge >= 0.3 is 0 Å². The lowest BCUT2D eigenvalue weighted by Gasteiger charge is -2.07. The number of fused-ring (bicyclic) bond motifs is 2. The van der Waals surface area contributed by atoms with Gasteiger partial charge in [0.25, 0.3) is 0 Å². The van der Waals surface area contributed by atoms with Gasteiger partial charge in [-0.25, -0.2) is 14.4 Å². The van der Waals surface area contributed by atoms with Crippen LogP contribution in [-0.4, -0.2) is 43.2 Å². The molecule has 9 nitrogen and oxygen atoms in total. The number of amides is 1. The Morgan fingerprint density at radius 2 is 1.95 bits per heavy atom. The third kappa shape index (κ3) is 4.25. The van der Waals surface area contributed by atoms with E-state index in [0.717, 1.165) is 40.4 Å². The number of methoxy groups -OCH3 is 1. The van der Waals surface area contributed by atoms with Crippen molar-refractivity contribution in [2.24, 2.45) is 5.92 Å². The molecule has 7 rings (SSSR count). The number of anilines is 1. The molecule has 0 bridgehead atoms. The second-order valence-corrected chi connectivity index (χ2v) is 9.58. The molecule has 4 heterocycles. The number of hydrogen-bond acceptors (Lipinski definition) is 6. The van der Waals surface area contributed by atoms with Gasteiger partial charge in [0.15, 0.2) is 11.5 Å². The topological polar surface area (TPSA) is 121 Å². The minimum atomic E-state index is -0.398. The first kappa shape index (κ1) is 23.0. The van der Waals surface area contributed by atoms with Crippen LogP contribution in [0, 0.1) is 11.7 Å². The highest BCUT2D eigenvalue weighted by Gasteiger charge is 2.29. The van der Waals surface area contributed by atoms with Gasteiger partial charge in [-0.1, -0.05) is 6.07 Å². The fraction of sp³-hybridized carbons (Fsp3) is 0.138. The van der Waals surface area contributed by atoms with E-state index in [2.05, 4.69) is 30.5 Å². The molecule has 10 heteroatoms. The minimum Gasteiger partial charge on any atom is -0.497 e. The van der Waals surface area contributed by atoms with Crippen molar-refractivity contribution < 1.29 is 13.9 Å². The predicted molar refractivity (Wildman–Crippen MR) is 146 cm³/mol. The summed E-state index contributed by atoms with van der Waals surface area (Å²) in [6, 6.07) is 14.2. The van der Waals surface area contributed by atoms with Gasteiger partial charge in [0, 0.05) is 40.9 Å². The van der Waals surface area contributed by atoms with Crippen LogP contribution < -0.4 is 10.1 Å². The Bertz CT molecular complexity index is 1890. The quantitative estimate of drug-likeness (QED) is 0.259. The van der Waals surface area contributed by atoms with Crippen LogP contribution in [0.3, 0.4) is 0 Å². The molecule has 1 saturated carbocycles. The number of carbonyl (C=O) groups excluding carboxylic acids is 1. The molecule has 1 aliphatic carbocycles. The Morgan fingerprint density at radius 1 is 1.05 bits per heavy atom. The number of rotatable bonds is 6. The highest BCUT2D eigenvalue weighted by Crippen LogP contribution is 2.34. The monoisotopic (exact) mass is 519 g/mol. The standard InChI is InChI=1S/C29H22FN7O2/c1-39-21-10-17(8-19(30)12-21)22-6-7-32-27-25(22)34-28(35-27)26-23-11-16(4-5-24(23)36-37-26)18-9-20(14-31-13-18)33-29(38)15-2-3-15/h4-15H,2-3H2,1H3,(H,33,38)(H,36,37)(H,32,34,35). The molecule has 2 aromatic carbocycles. The largest absolute Gasteiger partial charge is 0.497 e. The van der Waals surface area contributed by atoms with E-state index >= 15 is 0 Å². The minimum absolute atomic E-state index is 0.0380. The summed E-state index contributed by atoms with van der Waals surface area (Å²) in [7, 11) is 1.50. The second-order valence-electron chi connectivity index (χ2n) is 9.58. The number of aromatic amines is 2. The molecule has 0 spiro atoms. The van der Waals surface area contributed by atoms with E-state index < -0.39 is 5.82 Å². The molecule has 39 heavy (non-hydrogen) atoms. The number of aromatic nitrogens is 6. The number of carbonyl (C=O) groups is 1. The fourth-order valence-corrected chi connectivity index (χ4v) is 4.73. The van der Waals surface area contributed by atoms with Gasteiger partial charge in [-0.05, 0) is 60.4 Å². The second kappa shape index (κ2) is 9.02. The van der Waals surface area contributed by atoms with Crippen LogP contribution in [0.25, 0.3) is 55.8 Å². The van der Waals surface area contributed by atoms with Gasteiger partial charge in [-0.3, -0.25) is 14.9 Å². The maximum atomic E-state index is 14.2. The van der Waals surface area contributed by atoms with Gasteiger partial charge in [0.2, 0.25) is 5.91 Å². The number of nitrogens with one attached hydrogen (secondary N) is 3. The summed E-state index contributed by atoms with van der Waals surface area (Å²) in [5.74, 6) is 0.702. The van der Waals surface area contributed by atoms with Gasteiger partial charge in [0.05, 0.1) is 30.0 Å². The molecule has 6 aromatic rings. The summed E-state index contributed by atoms with van der Waals surface area (Å²) in [4.78, 5) is 29.0. The van der Waals surface area contributed by atoms with Crippen molar-refractivity contribution in [2.45, 2.75) is 12.8 Å². The first-order valence-corrected chi connectivity index (χ1v) is 12.5. The van der Waals surface area contributed by atoms with Crippen molar-refractivity contribution in [3.05, 3.63) is 72.9 Å². The Kier molecular flexibility index (Phi) is 5.32. The number of imidazole rings is 1. The maximum absolute atomic E-state index is 14.2. The molecular weight excluding hydrogens is 497 g/mol. The number of hydrogen-bond donors (Lipinski definition) is 3. The number of ether oxygens (including phenoxy) is 1. The molecule has 4 aromatic heterocycles. The van der Waals surface area contributed by atoms with Gasteiger partial charge in [-0.15, -0.1) is 0 Å². The first-order chi connectivity index (χ1) is 19.1. The van der Waals surface area contributed by atoms with Crippen molar-refractivity contribution in [1.29, 1.82) is 0 Å². The molecule has 0 atom stereocenters. The Hall–Kier alpha value is -5.12. The number of pyridine rings is 2. The number of benzene rings is 2. The Balaban J connectivity index is 1.28. The molecule has 1 aliphatic rings. The van der Waals surface area contributed by atoms with Crippen LogP contribution in [0.15, 0.2) is 67.1 Å². The number of halogens is 1. The van der Waals surface area contributed by atoms with Crippen LogP contribution in [-0.2, 0) is 4.79 Å². The predicted octanol–water partition coefficient (Wildman–Crippen LogP) is 5.73. The van der Waals surface area contributed by atoms with Crippen molar-refractivity contribution >= 4 is 33.7 Å². The molecule has 192 valence electrons. The number of nitrogens with zero attached hydrogens (tertiary/aromatic N) is 4. The zero-order chi connectivity index (χ0) is 26.5. The van der Waals surface area contributed by atoms with Crippen LogP contribution in [0.5, 0.6) is 5.75 Å². The van der Waals surface area contributed by atoms with Gasteiger partial charge in [0.1, 0.15) is 17.3 Å². The van der Waals surface area contributed by atoms with Crippen molar-refractivity contribution in [2.75, 3.05) is 12.4 Å². The Labute approximate surface area is 221 Å². The molecule has 0 radical (unpaired) electrons. The van der Waals surface area contributed by atoms with Gasteiger partial charge in [-0.2, -0.15) is 5.10 Å². The average Bonchev–Trinajstić information content (AvgIpc) is 3.58. The van der Waals surface area contributed by atoms with Crippen LogP contribution in [0.2, 0.25) is 0 Å². The normalized spacial score (nSPS) is 13.2. The summed E-state index contributed by atoms with van der Waals surface area (Å²) >= 11 is 0. The third-order valence-electron chi connectivity index (χ3n) is 6.88. The molecule has 3 N–H and O–H groups in total. The van der Waals surface area contributed by atoms with Crippen LogP contribution in [0.4, 0.5) is 10.1 Å².